The second-order valence-electron chi connectivity index (χ2n) is 8.35. The predicted octanol–water partition coefficient (Wildman–Crippen LogP) is 2.96. The van der Waals surface area contributed by atoms with Crippen molar-refractivity contribution in [1.82, 2.24) is 14.8 Å². The Bertz CT molecular complexity index is 1070. The fourth-order valence-corrected chi connectivity index (χ4v) is 4.41. The van der Waals surface area contributed by atoms with E-state index >= 15 is 0 Å². The van der Waals surface area contributed by atoms with E-state index < -0.39 is 0 Å². The fourth-order valence-electron chi connectivity index (χ4n) is 4.41. The Kier molecular flexibility index (Phi) is 5.69. The Morgan fingerprint density at radius 2 is 1.34 bits per heavy atom. The molecule has 2 fully saturated rings. The second kappa shape index (κ2) is 8.93. The highest BCUT2D eigenvalue weighted by atomic mass is 16.2. The van der Waals surface area contributed by atoms with Crippen molar-refractivity contribution in [1.29, 1.82) is 0 Å². The van der Waals surface area contributed by atoms with Crippen molar-refractivity contribution in [2.45, 2.75) is 6.04 Å². The molecule has 2 saturated heterocycles. The number of anilines is 1. The zero-order chi connectivity index (χ0) is 21.9. The molecule has 0 radical (unpaired) electrons. The van der Waals surface area contributed by atoms with Gasteiger partial charge in [-0.3, -0.25) is 14.5 Å². The Morgan fingerprint density at radius 3 is 2.00 bits per heavy atom. The maximum absolute atomic E-state index is 12.8. The number of rotatable bonds is 5. The monoisotopic (exact) mass is 426 g/mol. The van der Waals surface area contributed by atoms with Gasteiger partial charge in [-0.05, 0) is 24.3 Å². The first kappa shape index (κ1) is 20.4. The van der Waals surface area contributed by atoms with E-state index in [1.807, 2.05) is 41.4 Å². The quantitative estimate of drug-likeness (QED) is 0.587. The van der Waals surface area contributed by atoms with Crippen LogP contribution in [0.4, 0.5) is 5.82 Å². The number of hydrogen-bond acceptors (Lipinski definition) is 5. The molecule has 0 saturated carbocycles. The number of amides is 1. The van der Waals surface area contributed by atoms with Gasteiger partial charge in [0.25, 0.3) is 5.91 Å². The van der Waals surface area contributed by atoms with Crippen LogP contribution >= 0.6 is 0 Å². The number of likely N-dealkylation sites (tertiary alicyclic amines) is 1. The highest BCUT2D eigenvalue weighted by molar-refractivity contribution is 6.09. The molecule has 6 heteroatoms. The van der Waals surface area contributed by atoms with Crippen LogP contribution in [0.1, 0.15) is 26.3 Å². The molecule has 0 N–H and O–H groups in total. The van der Waals surface area contributed by atoms with E-state index in [-0.39, 0.29) is 11.7 Å². The number of pyridine rings is 1. The van der Waals surface area contributed by atoms with Crippen LogP contribution in [0.15, 0.2) is 79.0 Å². The Morgan fingerprint density at radius 1 is 0.719 bits per heavy atom. The zero-order valence-electron chi connectivity index (χ0n) is 17.9. The maximum atomic E-state index is 12.8. The molecule has 2 aliphatic heterocycles. The summed E-state index contributed by atoms with van der Waals surface area (Å²) in [5, 5.41) is 0. The third-order valence-electron chi connectivity index (χ3n) is 6.38. The highest BCUT2D eigenvalue weighted by Crippen LogP contribution is 2.22. The molecule has 0 unspecified atom stereocenters. The summed E-state index contributed by atoms with van der Waals surface area (Å²) in [5.41, 5.74) is 1.88. The summed E-state index contributed by atoms with van der Waals surface area (Å²) in [4.78, 5) is 36.5. The van der Waals surface area contributed by atoms with Crippen LogP contribution in [0, 0.1) is 0 Å². The molecule has 0 bridgehead atoms. The van der Waals surface area contributed by atoms with Crippen LogP contribution in [0.3, 0.4) is 0 Å². The second-order valence-corrected chi connectivity index (χ2v) is 8.35. The molecule has 3 aromatic rings. The molecule has 5 rings (SSSR count). The Labute approximate surface area is 188 Å². The number of hydrogen-bond donors (Lipinski definition) is 0. The molecule has 0 atom stereocenters. The van der Waals surface area contributed by atoms with Crippen molar-refractivity contribution in [3.8, 4) is 0 Å². The molecule has 3 heterocycles. The van der Waals surface area contributed by atoms with Gasteiger partial charge >= 0.3 is 0 Å². The lowest BCUT2D eigenvalue weighted by Gasteiger charge is -2.48. The number of piperazine rings is 1. The SMILES string of the molecule is O=C(c1ccccc1)c1ccc(C(=O)N2CC(N3CCN(c4ccccn4)CC3)C2)cc1. The first-order chi connectivity index (χ1) is 15.7. The number of nitrogens with zero attached hydrogens (tertiary/aromatic N) is 4. The van der Waals surface area contributed by atoms with Crippen LogP contribution in [0.5, 0.6) is 0 Å². The molecule has 162 valence electrons. The molecule has 0 aliphatic carbocycles. The molecule has 32 heavy (non-hydrogen) atoms. The van der Waals surface area contributed by atoms with E-state index in [0.29, 0.717) is 22.7 Å². The van der Waals surface area contributed by atoms with Gasteiger partial charge in [-0.2, -0.15) is 0 Å². The van der Waals surface area contributed by atoms with Crippen molar-refractivity contribution in [2.24, 2.45) is 0 Å². The Balaban J connectivity index is 1.13. The number of carbonyl (C=O) groups is 2. The van der Waals surface area contributed by atoms with Gasteiger partial charge in [-0.15, -0.1) is 0 Å². The van der Waals surface area contributed by atoms with Crippen LogP contribution in [0.25, 0.3) is 0 Å². The van der Waals surface area contributed by atoms with Crippen molar-refractivity contribution in [3.63, 3.8) is 0 Å². The molecule has 2 aromatic carbocycles. The number of aromatic nitrogens is 1. The number of benzene rings is 2. The van der Waals surface area contributed by atoms with E-state index in [1.165, 1.54) is 0 Å². The molecule has 2 aliphatic rings. The van der Waals surface area contributed by atoms with E-state index in [9.17, 15) is 9.59 Å². The summed E-state index contributed by atoms with van der Waals surface area (Å²) in [5.74, 6) is 1.04. The molecule has 1 amide bonds. The van der Waals surface area contributed by atoms with Gasteiger partial charge in [0.2, 0.25) is 0 Å². The maximum Gasteiger partial charge on any atom is 0.253 e. The summed E-state index contributed by atoms with van der Waals surface area (Å²) >= 11 is 0. The lowest BCUT2D eigenvalue weighted by Crippen LogP contribution is -2.64. The number of carbonyl (C=O) groups excluding carboxylic acids is 2. The normalized spacial score (nSPS) is 17.1. The molecular formula is C26H26N4O2. The standard InChI is InChI=1S/C26H26N4O2/c31-25(20-6-2-1-3-7-20)21-9-11-22(12-10-21)26(32)30-18-23(19-30)28-14-16-29(17-15-28)24-8-4-5-13-27-24/h1-13,23H,14-19H2. The van der Waals surface area contributed by atoms with Crippen molar-refractivity contribution < 1.29 is 9.59 Å². The zero-order valence-corrected chi connectivity index (χ0v) is 17.9. The first-order valence-electron chi connectivity index (χ1n) is 11.1. The van der Waals surface area contributed by atoms with Crippen molar-refractivity contribution in [3.05, 3.63) is 95.7 Å². The van der Waals surface area contributed by atoms with Gasteiger partial charge in [-0.1, -0.05) is 48.5 Å². The Hall–Kier alpha value is -3.51. The highest BCUT2D eigenvalue weighted by Gasteiger charge is 2.36. The van der Waals surface area contributed by atoms with Crippen LogP contribution in [-0.2, 0) is 0 Å². The minimum absolute atomic E-state index is 0.0292. The van der Waals surface area contributed by atoms with E-state index in [4.69, 9.17) is 0 Å². The van der Waals surface area contributed by atoms with Crippen molar-refractivity contribution >= 4 is 17.5 Å². The van der Waals surface area contributed by atoms with Crippen LogP contribution in [-0.4, -0.2) is 71.8 Å². The van der Waals surface area contributed by atoms with Gasteiger partial charge in [0.15, 0.2) is 5.78 Å². The summed E-state index contributed by atoms with van der Waals surface area (Å²) in [6.45, 7) is 5.40. The van der Waals surface area contributed by atoms with Gasteiger partial charge in [0, 0.05) is 68.2 Å². The smallest absolute Gasteiger partial charge is 0.253 e. The molecular weight excluding hydrogens is 400 g/mol. The topological polar surface area (TPSA) is 56.8 Å². The molecule has 6 nitrogen and oxygen atoms in total. The third-order valence-corrected chi connectivity index (χ3v) is 6.38. The van der Waals surface area contributed by atoms with Gasteiger partial charge in [0.05, 0.1) is 0 Å². The van der Waals surface area contributed by atoms with E-state index in [2.05, 4.69) is 20.9 Å². The van der Waals surface area contributed by atoms with Gasteiger partial charge < -0.3 is 9.80 Å². The average Bonchev–Trinajstić information content (AvgIpc) is 2.84. The largest absolute Gasteiger partial charge is 0.354 e. The summed E-state index contributed by atoms with van der Waals surface area (Å²) < 4.78 is 0. The molecule has 1 aromatic heterocycles. The minimum Gasteiger partial charge on any atom is -0.354 e. The van der Waals surface area contributed by atoms with Gasteiger partial charge in [0.1, 0.15) is 5.82 Å². The minimum atomic E-state index is -0.0292. The number of ketones is 1. The summed E-state index contributed by atoms with van der Waals surface area (Å²) in [7, 11) is 0. The average molecular weight is 427 g/mol. The summed E-state index contributed by atoms with van der Waals surface area (Å²) in [6.07, 6.45) is 1.83. The fraction of sp³-hybridized carbons (Fsp3) is 0.269. The van der Waals surface area contributed by atoms with Crippen LogP contribution in [0.2, 0.25) is 0 Å². The van der Waals surface area contributed by atoms with Gasteiger partial charge in [-0.25, -0.2) is 4.98 Å². The van der Waals surface area contributed by atoms with E-state index in [0.717, 1.165) is 45.1 Å². The van der Waals surface area contributed by atoms with E-state index in [1.54, 1.807) is 36.4 Å². The van der Waals surface area contributed by atoms with Crippen LogP contribution < -0.4 is 4.90 Å². The summed E-state index contributed by atoms with van der Waals surface area (Å²) in [6, 6.07) is 22.6. The lowest BCUT2D eigenvalue weighted by molar-refractivity contribution is 0.0246. The lowest BCUT2D eigenvalue weighted by atomic mass is 10.0. The van der Waals surface area contributed by atoms with Crippen molar-refractivity contribution in [2.75, 3.05) is 44.2 Å². The predicted molar refractivity (Wildman–Crippen MR) is 124 cm³/mol. The first-order valence-corrected chi connectivity index (χ1v) is 11.1. The third kappa shape index (κ3) is 4.14. The molecule has 0 spiro atoms.